The second kappa shape index (κ2) is 18.1. The highest BCUT2D eigenvalue weighted by atomic mass is 32.1. The Morgan fingerprint density at radius 3 is 1.72 bits per heavy atom. The molecule has 3 fully saturated rings. The monoisotopic (exact) mass is 949 g/mol. The summed E-state index contributed by atoms with van der Waals surface area (Å²) in [4.78, 5) is 63.6. The van der Waals surface area contributed by atoms with Crippen LogP contribution in [-0.2, 0) is 53.1 Å². The number of amides is 1. The number of aromatic nitrogens is 4. The first-order valence-corrected chi connectivity index (χ1v) is 25.9. The van der Waals surface area contributed by atoms with Gasteiger partial charge in [0.15, 0.2) is 0 Å². The number of carbonyl (C=O) groups is 2. The average Bonchev–Trinajstić information content (AvgIpc) is 4.22. The van der Waals surface area contributed by atoms with Crippen LogP contribution >= 0.6 is 22.7 Å². The molecule has 0 bridgehead atoms. The maximum atomic E-state index is 13.4. The lowest BCUT2D eigenvalue weighted by molar-refractivity contribution is -0.144. The van der Waals surface area contributed by atoms with E-state index < -0.39 is 5.97 Å². The summed E-state index contributed by atoms with van der Waals surface area (Å²) in [7, 11) is 0. The van der Waals surface area contributed by atoms with Crippen LogP contribution < -0.4 is 20.4 Å². The first-order valence-electron chi connectivity index (χ1n) is 24.3. The molecular formula is C51H55N11O4S2. The molecule has 15 nitrogen and oxygen atoms in total. The van der Waals surface area contributed by atoms with Crippen molar-refractivity contribution < 1.29 is 19.4 Å². The molecule has 350 valence electrons. The molecule has 0 spiro atoms. The minimum absolute atomic E-state index is 0.0308. The van der Waals surface area contributed by atoms with Crippen LogP contribution in [0.3, 0.4) is 0 Å². The van der Waals surface area contributed by atoms with Crippen molar-refractivity contribution in [1.29, 1.82) is 0 Å². The third-order valence-electron chi connectivity index (χ3n) is 14.9. The Hall–Kier alpha value is -6.04. The van der Waals surface area contributed by atoms with Crippen LogP contribution in [0.25, 0.3) is 20.4 Å². The second-order valence-electron chi connectivity index (χ2n) is 19.2. The molecule has 5 aliphatic heterocycles. The number of nitrogens with one attached hydrogen (secondary N) is 2. The number of ether oxygens (including phenoxy) is 1. The molecule has 6 aromatic rings. The maximum Gasteiger partial charge on any atom is 0.306 e. The van der Waals surface area contributed by atoms with E-state index in [1.165, 1.54) is 69.8 Å². The second-order valence-corrected chi connectivity index (χ2v) is 21.4. The standard InChI is InChI=1S/C28H32N6O2S.C23H23N5O2S/c1-17-15-36-9-8-34(17)28(35)18-4-5-21-24(12-18)37-27-25(21)26(30-16-31-27)32-22-10-19-13-29-14-20(19)11-23(22)33-6-2-3-7-33;29-23(30)13-3-4-16-19(9-13)31-22-20(16)21(25-12-26-22)27-17-7-14-10-24-11-15(14)8-18(17)28-5-1-2-6-28/h10-11,13,16-18H,2-9,12,14-15H2,1H3,(H,30,31,32);7-8,10,12-13H,1-6,9,11H2,(H,29,30)(H,25,26,27)/t17-,18+;13-/m10/s1. The van der Waals surface area contributed by atoms with E-state index >= 15 is 0 Å². The van der Waals surface area contributed by atoms with E-state index in [2.05, 4.69) is 76.6 Å². The molecular weight excluding hydrogens is 895 g/mol. The minimum Gasteiger partial charge on any atom is -0.481 e. The summed E-state index contributed by atoms with van der Waals surface area (Å²) in [5, 5.41) is 19.0. The zero-order valence-electron chi connectivity index (χ0n) is 38.3. The van der Waals surface area contributed by atoms with Crippen molar-refractivity contribution in [2.24, 2.45) is 21.8 Å². The van der Waals surface area contributed by atoms with Gasteiger partial charge in [-0.3, -0.25) is 19.6 Å². The van der Waals surface area contributed by atoms with Crippen molar-refractivity contribution in [2.45, 2.75) is 90.3 Å². The van der Waals surface area contributed by atoms with Gasteiger partial charge in [-0.25, -0.2) is 19.9 Å². The molecule has 3 atom stereocenters. The first kappa shape index (κ1) is 43.3. The number of thiophene rings is 2. The van der Waals surface area contributed by atoms with Gasteiger partial charge >= 0.3 is 5.97 Å². The summed E-state index contributed by atoms with van der Waals surface area (Å²) >= 11 is 3.33. The van der Waals surface area contributed by atoms with Crippen molar-refractivity contribution in [2.75, 3.05) is 66.4 Å². The number of nitrogens with zero attached hydrogens (tertiary/aromatic N) is 9. The van der Waals surface area contributed by atoms with Gasteiger partial charge in [0, 0.05) is 60.8 Å². The Bertz CT molecular complexity index is 3030. The number of carboxylic acid groups (broad SMARTS) is 1. The van der Waals surface area contributed by atoms with Gasteiger partial charge in [-0.1, -0.05) is 0 Å². The highest BCUT2D eigenvalue weighted by Crippen LogP contribution is 2.45. The van der Waals surface area contributed by atoms with Gasteiger partial charge in [-0.2, -0.15) is 0 Å². The van der Waals surface area contributed by atoms with Crippen molar-refractivity contribution >= 4 is 102 Å². The number of hydrogen-bond acceptors (Lipinski definition) is 15. The Morgan fingerprint density at radius 1 is 0.691 bits per heavy atom. The quantitative estimate of drug-likeness (QED) is 0.133. The summed E-state index contributed by atoms with van der Waals surface area (Å²) in [6, 6.07) is 9.14. The van der Waals surface area contributed by atoms with Crippen LogP contribution in [0.15, 0.2) is 46.9 Å². The fourth-order valence-corrected chi connectivity index (χ4v) is 13.8. The summed E-state index contributed by atoms with van der Waals surface area (Å²) < 4.78 is 5.55. The lowest BCUT2D eigenvalue weighted by atomic mass is 9.86. The highest BCUT2D eigenvalue weighted by Gasteiger charge is 2.35. The van der Waals surface area contributed by atoms with E-state index in [-0.39, 0.29) is 23.8 Å². The van der Waals surface area contributed by atoms with Crippen molar-refractivity contribution in [3.63, 3.8) is 0 Å². The summed E-state index contributed by atoms with van der Waals surface area (Å²) in [5.74, 6) is 0.975. The molecule has 4 aromatic heterocycles. The maximum absolute atomic E-state index is 13.4. The van der Waals surface area contributed by atoms with E-state index in [0.29, 0.717) is 32.6 Å². The molecule has 68 heavy (non-hydrogen) atoms. The Kier molecular flexibility index (Phi) is 11.5. The number of morpholine rings is 1. The lowest BCUT2D eigenvalue weighted by Gasteiger charge is -2.36. The Balaban J connectivity index is 0.000000143. The zero-order chi connectivity index (χ0) is 45.9. The Morgan fingerprint density at radius 2 is 1.21 bits per heavy atom. The largest absolute Gasteiger partial charge is 0.481 e. The predicted octanol–water partition coefficient (Wildman–Crippen LogP) is 8.48. The number of rotatable bonds is 8. The van der Waals surface area contributed by atoms with Crippen LogP contribution in [0.5, 0.6) is 0 Å². The van der Waals surface area contributed by atoms with Gasteiger partial charge in [-0.15, -0.1) is 22.7 Å². The molecule has 7 aliphatic rings. The lowest BCUT2D eigenvalue weighted by Crippen LogP contribution is -2.50. The van der Waals surface area contributed by atoms with Gasteiger partial charge in [0.1, 0.15) is 34.0 Å². The molecule has 0 radical (unpaired) electrons. The smallest absolute Gasteiger partial charge is 0.306 e. The molecule has 0 saturated carbocycles. The number of carbonyl (C=O) groups excluding carboxylic acids is 1. The van der Waals surface area contributed by atoms with Crippen LogP contribution in [0.4, 0.5) is 34.4 Å². The fourth-order valence-electron chi connectivity index (χ4n) is 11.3. The van der Waals surface area contributed by atoms with E-state index in [1.807, 2.05) is 17.3 Å². The van der Waals surface area contributed by atoms with Crippen molar-refractivity contribution in [3.8, 4) is 0 Å². The zero-order valence-corrected chi connectivity index (χ0v) is 39.9. The highest BCUT2D eigenvalue weighted by molar-refractivity contribution is 7.19. The molecule has 1 amide bonds. The fraction of sp³-hybridized carbons (Fsp3) is 0.451. The van der Waals surface area contributed by atoms with Gasteiger partial charge in [0.2, 0.25) is 5.91 Å². The van der Waals surface area contributed by atoms with E-state index in [9.17, 15) is 14.7 Å². The summed E-state index contributed by atoms with van der Waals surface area (Å²) in [5.41, 5.74) is 12.0. The third-order valence-corrected chi connectivity index (χ3v) is 17.3. The van der Waals surface area contributed by atoms with Crippen LogP contribution in [-0.4, -0.2) is 106 Å². The first-order chi connectivity index (χ1) is 33.3. The number of fused-ring (bicyclic) bond motifs is 8. The van der Waals surface area contributed by atoms with Crippen LogP contribution in [0.1, 0.15) is 88.6 Å². The molecule has 17 heteroatoms. The van der Waals surface area contributed by atoms with E-state index in [4.69, 9.17) is 9.72 Å². The van der Waals surface area contributed by atoms with E-state index in [0.717, 1.165) is 119 Å². The van der Waals surface area contributed by atoms with Crippen LogP contribution in [0.2, 0.25) is 0 Å². The van der Waals surface area contributed by atoms with Crippen LogP contribution in [0, 0.1) is 11.8 Å². The van der Waals surface area contributed by atoms with Gasteiger partial charge in [0.25, 0.3) is 0 Å². The topological polar surface area (TPSA) is 174 Å². The number of hydrogen-bond donors (Lipinski definition) is 3. The van der Waals surface area contributed by atoms with Crippen molar-refractivity contribution in [3.05, 3.63) is 80.1 Å². The van der Waals surface area contributed by atoms with Gasteiger partial charge in [-0.05, 0) is 129 Å². The van der Waals surface area contributed by atoms with Crippen molar-refractivity contribution in [1.82, 2.24) is 24.8 Å². The molecule has 2 aliphatic carbocycles. The van der Waals surface area contributed by atoms with Gasteiger partial charge in [0.05, 0.1) is 71.8 Å². The SMILES string of the molecule is C[C@@H]1COCCN1C(=O)[C@H]1CCc2c(sc3ncnc(Nc4cc5c(cc4N4CCCC4)CN=C5)c23)C1.O=C(O)[C@H]1CCc2c(sc3ncnc(Nc4cc5c(cc4N4CCCC4)CN=C5)c23)C1. The number of aryl methyl sites for hydroxylation is 2. The van der Waals surface area contributed by atoms with E-state index in [1.54, 1.807) is 35.3 Å². The average molecular weight is 950 g/mol. The minimum atomic E-state index is -0.706. The molecule has 0 unspecified atom stereocenters. The number of aliphatic carboxylic acids is 1. The number of benzene rings is 2. The normalized spacial score (nSPS) is 21.4. The van der Waals surface area contributed by atoms with Gasteiger partial charge < -0.3 is 35.2 Å². The summed E-state index contributed by atoms with van der Waals surface area (Å²) in [6.45, 7) is 9.85. The molecule has 3 N–H and O–H groups in total. The Labute approximate surface area is 402 Å². The summed E-state index contributed by atoms with van der Waals surface area (Å²) in [6.07, 6.45) is 16.6. The molecule has 3 saturated heterocycles. The third kappa shape index (κ3) is 8.05. The number of carboxylic acids is 1. The number of anilines is 6. The predicted molar refractivity (Wildman–Crippen MR) is 270 cm³/mol. The molecule has 13 rings (SSSR count). The molecule has 2 aromatic carbocycles. The number of aliphatic imine (C=N–C) groups is 2. The molecule has 9 heterocycles.